The lowest BCUT2D eigenvalue weighted by molar-refractivity contribution is 0.0748. The summed E-state index contributed by atoms with van der Waals surface area (Å²) < 4.78 is 5.21. The van der Waals surface area contributed by atoms with Crippen molar-refractivity contribution in [3.05, 3.63) is 58.4 Å². The van der Waals surface area contributed by atoms with Crippen LogP contribution in [0.15, 0.2) is 47.8 Å². The molecular formula is C18H18N2O2S. The summed E-state index contributed by atoms with van der Waals surface area (Å²) in [5.41, 5.74) is 1.27. The fraction of sp³-hybridized carbons (Fsp3) is 0.222. The molecule has 2 aromatic heterocycles. The van der Waals surface area contributed by atoms with E-state index in [2.05, 4.69) is 4.98 Å². The second-order valence-electron chi connectivity index (χ2n) is 5.15. The van der Waals surface area contributed by atoms with Gasteiger partial charge in [0.2, 0.25) is 0 Å². The average molecular weight is 326 g/mol. The van der Waals surface area contributed by atoms with Gasteiger partial charge in [0.05, 0.1) is 19.2 Å². The van der Waals surface area contributed by atoms with Crippen molar-refractivity contribution in [3.8, 4) is 5.75 Å². The lowest BCUT2D eigenvalue weighted by atomic mass is 10.2. The normalized spacial score (nSPS) is 10.7. The lowest BCUT2D eigenvalue weighted by Crippen LogP contribution is -2.30. The molecule has 0 radical (unpaired) electrons. The number of carbonyl (C=O) groups excluding carboxylic acids is 1. The number of aromatic nitrogens is 1. The van der Waals surface area contributed by atoms with Crippen LogP contribution in [0.4, 0.5) is 0 Å². The first-order valence-corrected chi connectivity index (χ1v) is 8.35. The molecule has 0 saturated heterocycles. The molecule has 0 fully saturated rings. The van der Waals surface area contributed by atoms with Crippen LogP contribution in [-0.4, -0.2) is 29.4 Å². The Bertz CT molecular complexity index is 815. The lowest BCUT2D eigenvalue weighted by Gasteiger charge is -2.19. The van der Waals surface area contributed by atoms with Crippen LogP contribution in [0, 0.1) is 0 Å². The van der Waals surface area contributed by atoms with Crippen LogP contribution in [0.1, 0.15) is 22.3 Å². The molecule has 23 heavy (non-hydrogen) atoms. The molecule has 3 rings (SSSR count). The van der Waals surface area contributed by atoms with Gasteiger partial charge in [0, 0.05) is 16.8 Å². The van der Waals surface area contributed by atoms with Crippen molar-refractivity contribution in [1.29, 1.82) is 0 Å². The summed E-state index contributed by atoms with van der Waals surface area (Å²) in [6, 6.07) is 13.4. The highest BCUT2D eigenvalue weighted by atomic mass is 32.1. The number of ether oxygens (including phenoxy) is 1. The minimum atomic E-state index is -0.0429. The number of thiophene rings is 1. The first-order chi connectivity index (χ1) is 11.2. The van der Waals surface area contributed by atoms with Gasteiger partial charge in [-0.15, -0.1) is 11.3 Å². The van der Waals surface area contributed by atoms with Crippen molar-refractivity contribution in [1.82, 2.24) is 9.88 Å². The van der Waals surface area contributed by atoms with Gasteiger partial charge in [-0.3, -0.25) is 4.79 Å². The van der Waals surface area contributed by atoms with E-state index in [-0.39, 0.29) is 5.91 Å². The van der Waals surface area contributed by atoms with E-state index in [1.807, 2.05) is 53.6 Å². The van der Waals surface area contributed by atoms with Crippen LogP contribution in [0.25, 0.3) is 10.9 Å². The quantitative estimate of drug-likeness (QED) is 0.712. The molecule has 0 aliphatic carbocycles. The number of amides is 1. The molecule has 0 bridgehead atoms. The summed E-state index contributed by atoms with van der Waals surface area (Å²) in [5, 5.41) is 2.98. The van der Waals surface area contributed by atoms with Gasteiger partial charge in [-0.1, -0.05) is 12.1 Å². The molecule has 5 heteroatoms. The Morgan fingerprint density at radius 3 is 2.83 bits per heavy atom. The fourth-order valence-corrected chi connectivity index (χ4v) is 3.15. The van der Waals surface area contributed by atoms with E-state index in [9.17, 15) is 4.79 Å². The van der Waals surface area contributed by atoms with Crippen molar-refractivity contribution in [2.45, 2.75) is 13.5 Å². The molecular weight excluding hydrogens is 308 g/mol. The van der Waals surface area contributed by atoms with Crippen molar-refractivity contribution in [3.63, 3.8) is 0 Å². The summed E-state index contributed by atoms with van der Waals surface area (Å²) in [6.45, 7) is 3.26. The van der Waals surface area contributed by atoms with Crippen LogP contribution in [-0.2, 0) is 6.54 Å². The van der Waals surface area contributed by atoms with Crippen molar-refractivity contribution < 1.29 is 9.53 Å². The maximum absolute atomic E-state index is 12.7. The zero-order chi connectivity index (χ0) is 16.2. The zero-order valence-corrected chi connectivity index (χ0v) is 14.0. The smallest absolute Gasteiger partial charge is 0.272 e. The van der Waals surface area contributed by atoms with E-state index in [1.165, 1.54) is 4.88 Å². The number of methoxy groups -OCH3 is 1. The summed E-state index contributed by atoms with van der Waals surface area (Å²) >= 11 is 1.66. The molecule has 1 amide bonds. The molecule has 118 valence electrons. The Balaban J connectivity index is 1.87. The molecule has 0 saturated carbocycles. The van der Waals surface area contributed by atoms with Crippen LogP contribution >= 0.6 is 11.3 Å². The van der Waals surface area contributed by atoms with Gasteiger partial charge in [0.25, 0.3) is 5.91 Å². The fourth-order valence-electron chi connectivity index (χ4n) is 2.43. The Kier molecular flexibility index (Phi) is 4.57. The molecule has 0 aliphatic heterocycles. The highest BCUT2D eigenvalue weighted by Gasteiger charge is 2.16. The molecule has 0 atom stereocenters. The SMILES string of the molecule is CCN(Cc1cccs1)C(=O)c1ccc2cc(OC)ccc2n1. The van der Waals surface area contributed by atoms with E-state index < -0.39 is 0 Å². The second-order valence-corrected chi connectivity index (χ2v) is 6.19. The van der Waals surface area contributed by atoms with Gasteiger partial charge in [0.1, 0.15) is 11.4 Å². The van der Waals surface area contributed by atoms with Crippen LogP contribution < -0.4 is 4.74 Å². The van der Waals surface area contributed by atoms with Gasteiger partial charge in [-0.25, -0.2) is 4.98 Å². The van der Waals surface area contributed by atoms with E-state index >= 15 is 0 Å². The number of benzene rings is 1. The minimum Gasteiger partial charge on any atom is -0.497 e. The summed E-state index contributed by atoms with van der Waals surface area (Å²) in [5.74, 6) is 0.741. The Morgan fingerprint density at radius 1 is 1.26 bits per heavy atom. The van der Waals surface area contributed by atoms with Crippen molar-refractivity contribution >= 4 is 28.1 Å². The third kappa shape index (κ3) is 3.35. The summed E-state index contributed by atoms with van der Waals surface area (Å²) in [6.07, 6.45) is 0. The first-order valence-electron chi connectivity index (χ1n) is 7.47. The summed E-state index contributed by atoms with van der Waals surface area (Å²) in [4.78, 5) is 20.2. The summed E-state index contributed by atoms with van der Waals surface area (Å²) in [7, 11) is 1.64. The number of nitrogens with zero attached hydrogens (tertiary/aromatic N) is 2. The van der Waals surface area contributed by atoms with E-state index in [0.717, 1.165) is 16.7 Å². The van der Waals surface area contributed by atoms with Crippen LogP contribution in [0.2, 0.25) is 0 Å². The van der Waals surface area contributed by atoms with Gasteiger partial charge in [0.15, 0.2) is 0 Å². The molecule has 0 aliphatic rings. The number of hydrogen-bond donors (Lipinski definition) is 0. The third-order valence-corrected chi connectivity index (χ3v) is 4.57. The minimum absolute atomic E-state index is 0.0429. The van der Waals surface area contributed by atoms with Gasteiger partial charge >= 0.3 is 0 Å². The van der Waals surface area contributed by atoms with Gasteiger partial charge < -0.3 is 9.64 Å². The predicted octanol–water partition coefficient (Wildman–Crippen LogP) is 3.97. The monoisotopic (exact) mass is 326 g/mol. The Morgan fingerprint density at radius 2 is 2.13 bits per heavy atom. The molecule has 3 aromatic rings. The van der Waals surface area contributed by atoms with E-state index in [1.54, 1.807) is 24.5 Å². The Labute approximate surface area is 139 Å². The van der Waals surface area contributed by atoms with Gasteiger partial charge in [-0.2, -0.15) is 0 Å². The molecule has 1 aromatic carbocycles. The standard InChI is InChI=1S/C18H18N2O2S/c1-3-20(12-15-5-4-10-23-15)18(21)17-8-6-13-11-14(22-2)7-9-16(13)19-17/h4-11H,3,12H2,1-2H3. The Hall–Kier alpha value is -2.40. The number of hydrogen-bond acceptors (Lipinski definition) is 4. The van der Waals surface area contributed by atoms with Crippen LogP contribution in [0.5, 0.6) is 5.75 Å². The van der Waals surface area contributed by atoms with Crippen molar-refractivity contribution in [2.75, 3.05) is 13.7 Å². The van der Waals surface area contributed by atoms with E-state index in [0.29, 0.717) is 18.8 Å². The number of carbonyl (C=O) groups is 1. The number of pyridine rings is 1. The predicted molar refractivity (Wildman–Crippen MR) is 93.0 cm³/mol. The highest BCUT2D eigenvalue weighted by molar-refractivity contribution is 7.09. The topological polar surface area (TPSA) is 42.4 Å². The largest absolute Gasteiger partial charge is 0.497 e. The molecule has 0 N–H and O–H groups in total. The third-order valence-electron chi connectivity index (χ3n) is 3.71. The average Bonchev–Trinajstić information content (AvgIpc) is 3.11. The maximum atomic E-state index is 12.7. The first kappa shape index (κ1) is 15.5. The maximum Gasteiger partial charge on any atom is 0.272 e. The second kappa shape index (κ2) is 6.79. The molecule has 2 heterocycles. The van der Waals surface area contributed by atoms with E-state index in [4.69, 9.17) is 4.74 Å². The number of rotatable bonds is 5. The molecule has 0 unspecified atom stereocenters. The van der Waals surface area contributed by atoms with Crippen LogP contribution in [0.3, 0.4) is 0 Å². The van der Waals surface area contributed by atoms with Crippen molar-refractivity contribution in [2.24, 2.45) is 0 Å². The number of fused-ring (bicyclic) bond motifs is 1. The zero-order valence-electron chi connectivity index (χ0n) is 13.2. The van der Waals surface area contributed by atoms with Gasteiger partial charge in [-0.05, 0) is 42.6 Å². The molecule has 4 nitrogen and oxygen atoms in total. The highest BCUT2D eigenvalue weighted by Crippen LogP contribution is 2.20. The molecule has 0 spiro atoms.